The first-order chi connectivity index (χ1) is 14.8. The molecule has 3 heteroatoms. The maximum Gasteiger partial charge on any atom is 0.0641 e. The minimum Gasteiger partial charge on any atom is -0.393 e. The predicted molar refractivity (Wildman–Crippen MR) is 132 cm³/mol. The van der Waals surface area contributed by atoms with E-state index in [9.17, 15) is 10.2 Å². The Bertz CT molecular complexity index is 792. The van der Waals surface area contributed by atoms with E-state index in [0.29, 0.717) is 39.4 Å². The molecule has 0 saturated heterocycles. The van der Waals surface area contributed by atoms with E-state index < -0.39 is 0 Å². The second-order valence-corrected chi connectivity index (χ2v) is 14.7. The van der Waals surface area contributed by atoms with Gasteiger partial charge in [-0.25, -0.2) is 0 Å². The molecule has 5 aliphatic rings. The van der Waals surface area contributed by atoms with Gasteiger partial charge in [0.05, 0.1) is 12.7 Å². The molecule has 0 aromatic rings. The minimum atomic E-state index is -0.143. The summed E-state index contributed by atoms with van der Waals surface area (Å²) in [6.07, 6.45) is 12.7. The van der Waals surface area contributed by atoms with Crippen LogP contribution in [0.25, 0.3) is 0 Å². The number of aliphatic hydroxyl groups is 2. The summed E-state index contributed by atoms with van der Waals surface area (Å²) >= 11 is 0. The van der Waals surface area contributed by atoms with Crippen molar-refractivity contribution < 1.29 is 54.3 Å². The van der Waals surface area contributed by atoms with Crippen molar-refractivity contribution in [3.05, 3.63) is 12.2 Å². The van der Waals surface area contributed by atoms with Gasteiger partial charge >= 0.3 is 0 Å². The largest absolute Gasteiger partial charge is 0.393 e. The Morgan fingerprint density at radius 3 is 2.15 bits per heavy atom. The van der Waals surface area contributed by atoms with Crippen molar-refractivity contribution in [1.29, 1.82) is 0 Å². The van der Waals surface area contributed by atoms with Gasteiger partial charge in [0.15, 0.2) is 0 Å². The van der Waals surface area contributed by atoms with Crippen LogP contribution in [0.3, 0.4) is 0 Å². The van der Waals surface area contributed by atoms with E-state index in [2.05, 4.69) is 48.1 Å². The summed E-state index contributed by atoms with van der Waals surface area (Å²) in [5.74, 6) is 3.39. The Labute approximate surface area is 239 Å². The van der Waals surface area contributed by atoms with Gasteiger partial charge in [-0.1, -0.05) is 48.1 Å². The molecule has 0 aliphatic heterocycles. The standard InChI is InChI=1S/C30H50O2.Ac/c1-19(18-31)20-10-13-27(4)16-17-29(6)21(25(20)27)8-9-23-28(5)14-12-24(32)26(2,3)22(28)11-15-30(23,29)7;/h20-25,31-32H,1,8-18H2,2-7H3;/t20-,21?,22?,23?,24?,25?,27+,28-,29+,30+;/m0./s1. The molecule has 5 fully saturated rings. The van der Waals surface area contributed by atoms with E-state index in [4.69, 9.17) is 0 Å². The van der Waals surface area contributed by atoms with Crippen molar-refractivity contribution in [2.24, 2.45) is 56.7 Å². The Kier molecular flexibility index (Phi) is 7.05. The van der Waals surface area contributed by atoms with Crippen molar-refractivity contribution in [3.8, 4) is 0 Å². The van der Waals surface area contributed by atoms with Gasteiger partial charge in [0.1, 0.15) is 0 Å². The molecule has 5 unspecified atom stereocenters. The number of aliphatic hydroxyl groups excluding tert-OH is 2. The summed E-state index contributed by atoms with van der Waals surface area (Å²) in [5, 5.41) is 20.9. The van der Waals surface area contributed by atoms with Crippen molar-refractivity contribution >= 4 is 0 Å². The average Bonchev–Trinajstić information content (AvgIpc) is 3.09. The average molecular weight is 670 g/mol. The first kappa shape index (κ1) is 27.1. The van der Waals surface area contributed by atoms with E-state index in [1.165, 1.54) is 57.8 Å². The summed E-state index contributed by atoms with van der Waals surface area (Å²) in [6.45, 7) is 19.8. The normalized spacial score (nSPS) is 54.8. The fourth-order valence-electron chi connectivity index (χ4n) is 11.5. The molecule has 0 aromatic carbocycles. The smallest absolute Gasteiger partial charge is 0.0641 e. The Morgan fingerprint density at radius 2 is 1.48 bits per heavy atom. The molecular weight excluding hydrogens is 619 g/mol. The molecule has 5 saturated carbocycles. The third kappa shape index (κ3) is 3.47. The first-order valence-corrected chi connectivity index (χ1v) is 13.8. The van der Waals surface area contributed by atoms with E-state index in [1.807, 2.05) is 0 Å². The van der Waals surface area contributed by atoms with Gasteiger partial charge < -0.3 is 10.2 Å². The van der Waals surface area contributed by atoms with Crippen molar-refractivity contribution in [1.82, 2.24) is 0 Å². The molecule has 0 spiro atoms. The number of hydrogen-bond acceptors (Lipinski definition) is 2. The summed E-state index contributed by atoms with van der Waals surface area (Å²) in [7, 11) is 0. The van der Waals surface area contributed by atoms with Crippen LogP contribution in [-0.2, 0) is 0 Å². The minimum absolute atomic E-state index is 0. The van der Waals surface area contributed by atoms with Crippen molar-refractivity contribution in [3.63, 3.8) is 0 Å². The Morgan fingerprint density at radius 1 is 0.788 bits per heavy atom. The summed E-state index contributed by atoms with van der Waals surface area (Å²) in [5.41, 5.74) is 2.70. The van der Waals surface area contributed by atoms with Gasteiger partial charge in [0.2, 0.25) is 0 Å². The molecule has 2 nitrogen and oxygen atoms in total. The molecule has 2 N–H and O–H groups in total. The number of hydrogen-bond donors (Lipinski definition) is 2. The maximum absolute atomic E-state index is 10.9. The van der Waals surface area contributed by atoms with Crippen LogP contribution in [0.1, 0.15) is 106 Å². The van der Waals surface area contributed by atoms with E-state index in [0.717, 1.165) is 23.8 Å². The summed E-state index contributed by atoms with van der Waals surface area (Å²) < 4.78 is 0. The number of fused-ring (bicyclic) bond motifs is 7. The van der Waals surface area contributed by atoms with Crippen molar-refractivity contribution in [2.75, 3.05) is 6.61 Å². The molecule has 5 rings (SSSR count). The molecule has 0 bridgehead atoms. The second-order valence-electron chi connectivity index (χ2n) is 14.7. The van der Waals surface area contributed by atoms with Gasteiger partial charge in [-0.3, -0.25) is 0 Å². The quantitative estimate of drug-likeness (QED) is 0.311. The van der Waals surface area contributed by atoms with Crippen LogP contribution in [0.5, 0.6) is 0 Å². The van der Waals surface area contributed by atoms with Crippen LogP contribution in [0.15, 0.2) is 12.2 Å². The van der Waals surface area contributed by atoms with E-state index in [-0.39, 0.29) is 62.2 Å². The zero-order valence-corrected chi connectivity index (χ0v) is 27.2. The van der Waals surface area contributed by atoms with E-state index >= 15 is 0 Å². The Balaban J connectivity index is 0.00000259. The van der Waals surface area contributed by atoms with Crippen LogP contribution < -0.4 is 0 Å². The second kappa shape index (κ2) is 8.57. The number of rotatable bonds is 2. The summed E-state index contributed by atoms with van der Waals surface area (Å²) in [6, 6.07) is 0. The zero-order chi connectivity index (χ0) is 23.3. The maximum atomic E-state index is 10.9. The molecule has 5 aliphatic carbocycles. The van der Waals surface area contributed by atoms with E-state index in [1.54, 1.807) is 0 Å². The van der Waals surface area contributed by atoms with Gasteiger partial charge in [0.25, 0.3) is 0 Å². The van der Waals surface area contributed by atoms with Crippen molar-refractivity contribution in [2.45, 2.75) is 112 Å². The third-order valence-electron chi connectivity index (χ3n) is 13.6. The molecular formula is C30H50AcO2. The fraction of sp³-hybridized carbons (Fsp3) is 0.933. The molecule has 33 heavy (non-hydrogen) atoms. The predicted octanol–water partition coefficient (Wildman–Crippen LogP) is 7.00. The fourth-order valence-corrected chi connectivity index (χ4v) is 11.5. The van der Waals surface area contributed by atoms with Gasteiger partial charge in [0, 0.05) is 44.1 Å². The Hall–Kier alpha value is 1.10. The monoisotopic (exact) mass is 669 g/mol. The van der Waals surface area contributed by atoms with Crippen LogP contribution in [0.4, 0.5) is 0 Å². The van der Waals surface area contributed by atoms with Gasteiger partial charge in [-0.2, -0.15) is 0 Å². The molecule has 1 radical (unpaired) electrons. The van der Waals surface area contributed by atoms with Gasteiger partial charge in [-0.05, 0) is 126 Å². The van der Waals surface area contributed by atoms with Crippen LogP contribution in [-0.4, -0.2) is 22.9 Å². The first-order valence-electron chi connectivity index (χ1n) is 13.8. The SMILES string of the molecule is C=C(CO)[C@@H]1CC[C@]2(C)CC[C@]3(C)C(CCC4[C@@]5(C)CCC(O)C(C)(C)C5CC[C@]43C)C12.[Ac]. The van der Waals surface area contributed by atoms with Crippen LogP contribution in [0, 0.1) is 101 Å². The summed E-state index contributed by atoms with van der Waals surface area (Å²) in [4.78, 5) is 0. The molecule has 0 amide bonds. The molecule has 0 heterocycles. The zero-order valence-electron chi connectivity index (χ0n) is 22.4. The van der Waals surface area contributed by atoms with Crippen LogP contribution in [0.2, 0.25) is 0 Å². The molecule has 10 atom stereocenters. The topological polar surface area (TPSA) is 40.5 Å². The third-order valence-corrected chi connectivity index (χ3v) is 13.6. The molecule has 185 valence electrons. The van der Waals surface area contributed by atoms with Crippen LogP contribution >= 0.6 is 0 Å². The van der Waals surface area contributed by atoms with Gasteiger partial charge in [-0.15, -0.1) is 0 Å². The molecule has 0 aromatic heterocycles.